The quantitative estimate of drug-likeness (QED) is 0.577. The van der Waals surface area contributed by atoms with E-state index in [2.05, 4.69) is 19.2 Å². The van der Waals surface area contributed by atoms with Crippen molar-refractivity contribution in [1.29, 1.82) is 0 Å². The lowest BCUT2D eigenvalue weighted by atomic mass is 9.94. The van der Waals surface area contributed by atoms with Crippen LogP contribution in [0.4, 0.5) is 0 Å². The first-order valence-corrected chi connectivity index (χ1v) is 8.01. The Morgan fingerprint density at radius 1 is 1.16 bits per heavy atom. The highest BCUT2D eigenvalue weighted by atomic mass is 16.7. The molecule has 0 unspecified atom stereocenters. The van der Waals surface area contributed by atoms with Crippen molar-refractivity contribution < 1.29 is 14.0 Å². The summed E-state index contributed by atoms with van der Waals surface area (Å²) in [6.07, 6.45) is 12.6. The standard InChI is InChI=1S/C16H28NO2/c1-17(10-6-3-7-11-17)12-15-13-18-16(19-15)14-8-4-2-5-9-14/h2,4,14-16H,3,5-13H2,1H3/q+1/t14-,15+,16+/m0/s1. The highest BCUT2D eigenvalue weighted by Crippen LogP contribution is 2.30. The molecule has 0 aromatic rings. The van der Waals surface area contributed by atoms with Crippen LogP contribution in [0.3, 0.4) is 0 Å². The van der Waals surface area contributed by atoms with E-state index in [1.807, 2.05) is 0 Å². The van der Waals surface area contributed by atoms with E-state index >= 15 is 0 Å². The van der Waals surface area contributed by atoms with Crippen LogP contribution in [-0.4, -0.2) is 50.2 Å². The number of hydrogen-bond acceptors (Lipinski definition) is 2. The first-order chi connectivity index (χ1) is 9.25. The number of rotatable bonds is 3. The van der Waals surface area contributed by atoms with E-state index in [1.165, 1.54) is 49.7 Å². The predicted molar refractivity (Wildman–Crippen MR) is 75.7 cm³/mol. The lowest BCUT2D eigenvalue weighted by Crippen LogP contribution is -2.52. The van der Waals surface area contributed by atoms with Crippen molar-refractivity contribution >= 4 is 0 Å². The van der Waals surface area contributed by atoms with Crippen LogP contribution in [0.15, 0.2) is 12.2 Å². The molecule has 3 nitrogen and oxygen atoms in total. The highest BCUT2D eigenvalue weighted by molar-refractivity contribution is 4.91. The van der Waals surface area contributed by atoms with Gasteiger partial charge in [-0.25, -0.2) is 0 Å². The Hall–Kier alpha value is -0.380. The minimum Gasteiger partial charge on any atom is -0.349 e. The Kier molecular flexibility index (Phi) is 4.25. The van der Waals surface area contributed by atoms with Crippen molar-refractivity contribution in [3.8, 4) is 0 Å². The summed E-state index contributed by atoms with van der Waals surface area (Å²) in [5, 5.41) is 0. The minimum absolute atomic E-state index is 0.0614. The van der Waals surface area contributed by atoms with Crippen molar-refractivity contribution in [2.24, 2.45) is 5.92 Å². The van der Waals surface area contributed by atoms with Gasteiger partial charge in [-0.2, -0.15) is 0 Å². The number of ether oxygens (including phenoxy) is 2. The molecule has 0 aromatic carbocycles. The van der Waals surface area contributed by atoms with E-state index in [0.717, 1.165) is 19.6 Å². The molecule has 3 aliphatic rings. The third kappa shape index (κ3) is 3.39. The smallest absolute Gasteiger partial charge is 0.161 e. The van der Waals surface area contributed by atoms with Crippen LogP contribution >= 0.6 is 0 Å². The van der Waals surface area contributed by atoms with Gasteiger partial charge >= 0.3 is 0 Å². The van der Waals surface area contributed by atoms with Gasteiger partial charge in [-0.1, -0.05) is 12.2 Å². The van der Waals surface area contributed by atoms with Crippen molar-refractivity contribution in [3.63, 3.8) is 0 Å². The summed E-state index contributed by atoms with van der Waals surface area (Å²) in [5.41, 5.74) is 0. The maximum absolute atomic E-state index is 6.20. The maximum Gasteiger partial charge on any atom is 0.161 e. The van der Waals surface area contributed by atoms with Crippen molar-refractivity contribution in [1.82, 2.24) is 0 Å². The van der Waals surface area contributed by atoms with Crippen molar-refractivity contribution in [2.45, 2.75) is 50.9 Å². The summed E-state index contributed by atoms with van der Waals surface area (Å²) >= 11 is 0. The van der Waals surface area contributed by atoms with Crippen LogP contribution in [0, 0.1) is 5.92 Å². The van der Waals surface area contributed by atoms with Gasteiger partial charge in [0.2, 0.25) is 0 Å². The van der Waals surface area contributed by atoms with Gasteiger partial charge in [-0.05, 0) is 38.5 Å². The van der Waals surface area contributed by atoms with E-state index in [9.17, 15) is 0 Å². The van der Waals surface area contributed by atoms with Gasteiger partial charge < -0.3 is 14.0 Å². The fourth-order valence-corrected chi connectivity index (χ4v) is 3.83. The summed E-state index contributed by atoms with van der Waals surface area (Å²) < 4.78 is 13.3. The fraction of sp³-hybridized carbons (Fsp3) is 0.875. The molecule has 0 N–H and O–H groups in total. The molecule has 19 heavy (non-hydrogen) atoms. The molecule has 3 heteroatoms. The second-order valence-electron chi connectivity index (χ2n) is 6.81. The molecule has 0 radical (unpaired) electrons. The first-order valence-electron chi connectivity index (χ1n) is 8.01. The summed E-state index contributed by atoms with van der Waals surface area (Å²) in [6, 6.07) is 0. The molecule has 108 valence electrons. The molecule has 2 saturated heterocycles. The molecule has 0 amide bonds. The molecule has 2 aliphatic heterocycles. The largest absolute Gasteiger partial charge is 0.349 e. The second-order valence-corrected chi connectivity index (χ2v) is 6.81. The van der Waals surface area contributed by atoms with E-state index < -0.39 is 0 Å². The van der Waals surface area contributed by atoms with Gasteiger partial charge in [0.25, 0.3) is 0 Å². The predicted octanol–water partition coefficient (Wildman–Crippen LogP) is 2.71. The summed E-state index contributed by atoms with van der Waals surface area (Å²) in [5.74, 6) is 0.585. The van der Waals surface area contributed by atoms with Crippen LogP contribution < -0.4 is 0 Å². The SMILES string of the molecule is C[N+]1(C[C@@H]2CO[C@@H]([C@H]3CC=CCC3)O2)CCCCC1. The van der Waals surface area contributed by atoms with Crippen LogP contribution in [0.1, 0.15) is 38.5 Å². The van der Waals surface area contributed by atoms with E-state index in [0.29, 0.717) is 12.0 Å². The molecule has 2 heterocycles. The highest BCUT2D eigenvalue weighted by Gasteiger charge is 2.37. The Labute approximate surface area is 117 Å². The Balaban J connectivity index is 1.49. The average Bonchev–Trinajstić information content (AvgIpc) is 2.88. The fourth-order valence-electron chi connectivity index (χ4n) is 3.83. The molecule has 0 bridgehead atoms. The molecule has 3 atom stereocenters. The molecule has 3 rings (SSSR count). The topological polar surface area (TPSA) is 18.5 Å². The summed E-state index contributed by atoms with van der Waals surface area (Å²) in [6.45, 7) is 4.57. The second kappa shape index (κ2) is 5.94. The normalized spacial score (nSPS) is 38.5. The van der Waals surface area contributed by atoms with E-state index in [4.69, 9.17) is 9.47 Å². The first kappa shape index (κ1) is 13.6. The van der Waals surface area contributed by atoms with E-state index in [1.54, 1.807) is 0 Å². The van der Waals surface area contributed by atoms with Gasteiger partial charge in [0.15, 0.2) is 6.29 Å². The van der Waals surface area contributed by atoms with Gasteiger partial charge in [0.1, 0.15) is 12.6 Å². The Morgan fingerprint density at radius 3 is 2.74 bits per heavy atom. The molecule has 0 spiro atoms. The summed E-state index contributed by atoms with van der Waals surface area (Å²) in [4.78, 5) is 0. The lowest BCUT2D eigenvalue weighted by molar-refractivity contribution is -0.916. The number of allylic oxidation sites excluding steroid dienone is 2. The Morgan fingerprint density at radius 2 is 2.00 bits per heavy atom. The van der Waals surface area contributed by atoms with Gasteiger partial charge in [-0.3, -0.25) is 0 Å². The third-order valence-electron chi connectivity index (χ3n) is 5.01. The molecular weight excluding hydrogens is 238 g/mol. The lowest BCUT2D eigenvalue weighted by Gasteiger charge is -2.39. The van der Waals surface area contributed by atoms with Crippen molar-refractivity contribution in [3.05, 3.63) is 12.2 Å². The molecule has 0 aromatic heterocycles. The summed E-state index contributed by atoms with van der Waals surface area (Å²) in [7, 11) is 2.39. The van der Waals surface area contributed by atoms with Crippen LogP contribution in [-0.2, 0) is 9.47 Å². The number of nitrogens with zero attached hydrogens (tertiary/aromatic N) is 1. The van der Waals surface area contributed by atoms with Crippen LogP contribution in [0.25, 0.3) is 0 Å². The molecule has 2 fully saturated rings. The third-order valence-corrected chi connectivity index (χ3v) is 5.01. The number of piperidine rings is 1. The minimum atomic E-state index is 0.0614. The van der Waals surface area contributed by atoms with Gasteiger partial charge in [0, 0.05) is 5.92 Å². The van der Waals surface area contributed by atoms with Crippen LogP contribution in [0.5, 0.6) is 0 Å². The monoisotopic (exact) mass is 266 g/mol. The molecular formula is C16H28NO2+. The molecule has 1 aliphatic carbocycles. The number of likely N-dealkylation sites (tertiary alicyclic amines) is 1. The van der Waals surface area contributed by atoms with Gasteiger partial charge in [0.05, 0.1) is 26.7 Å². The van der Waals surface area contributed by atoms with Gasteiger partial charge in [-0.15, -0.1) is 0 Å². The number of quaternary nitrogens is 1. The maximum atomic E-state index is 6.20. The van der Waals surface area contributed by atoms with Crippen LogP contribution in [0.2, 0.25) is 0 Å². The average molecular weight is 266 g/mol. The number of likely N-dealkylation sites (N-methyl/N-ethyl adjacent to an activating group) is 1. The zero-order chi connectivity index (χ0) is 13.1. The van der Waals surface area contributed by atoms with Crippen molar-refractivity contribution in [2.75, 3.05) is 33.3 Å². The zero-order valence-electron chi connectivity index (χ0n) is 12.2. The number of hydrogen-bond donors (Lipinski definition) is 0. The molecule has 0 saturated carbocycles. The zero-order valence-corrected chi connectivity index (χ0v) is 12.2. The van der Waals surface area contributed by atoms with E-state index in [-0.39, 0.29) is 6.29 Å². The Bertz CT molecular complexity index is 323.